The summed E-state index contributed by atoms with van der Waals surface area (Å²) in [5.41, 5.74) is 2.41. The number of rotatable bonds is 9. The van der Waals surface area contributed by atoms with Crippen LogP contribution in [0.2, 0.25) is 0 Å². The van der Waals surface area contributed by atoms with Gasteiger partial charge in [-0.25, -0.2) is 18.0 Å². The molecule has 0 aliphatic heterocycles. The van der Waals surface area contributed by atoms with E-state index in [4.69, 9.17) is 4.42 Å². The van der Waals surface area contributed by atoms with Gasteiger partial charge in [0.2, 0.25) is 5.89 Å². The Bertz CT molecular complexity index is 1070. The van der Waals surface area contributed by atoms with E-state index in [2.05, 4.69) is 14.4 Å². The molecule has 9 nitrogen and oxygen atoms in total. The van der Waals surface area contributed by atoms with E-state index < -0.39 is 15.9 Å². The molecule has 0 aliphatic rings. The zero-order chi connectivity index (χ0) is 20.9. The molecule has 0 atom stereocenters. The first-order valence-electron chi connectivity index (χ1n) is 8.49. The summed E-state index contributed by atoms with van der Waals surface area (Å²) in [6.07, 6.45) is 5.36. The lowest BCUT2D eigenvalue weighted by Crippen LogP contribution is -2.33. The average Bonchev–Trinajstić information content (AvgIpc) is 3.17. The number of nitrogens with zero attached hydrogens (tertiary/aromatic N) is 2. The number of aryl methyl sites for hydroxylation is 2. The molecule has 2 heterocycles. The van der Waals surface area contributed by atoms with Gasteiger partial charge in [0.25, 0.3) is 0 Å². The van der Waals surface area contributed by atoms with Gasteiger partial charge in [0.05, 0.1) is 28.4 Å². The lowest BCUT2D eigenvalue weighted by atomic mass is 10.1. The van der Waals surface area contributed by atoms with Crippen LogP contribution in [0.4, 0.5) is 0 Å². The van der Waals surface area contributed by atoms with E-state index in [0.29, 0.717) is 23.1 Å². The van der Waals surface area contributed by atoms with E-state index in [1.165, 1.54) is 0 Å². The van der Waals surface area contributed by atoms with Crippen molar-refractivity contribution in [1.82, 2.24) is 4.98 Å². The van der Waals surface area contributed by atoms with Crippen LogP contribution in [0.1, 0.15) is 12.0 Å². The maximum absolute atomic E-state index is 10.7. The van der Waals surface area contributed by atoms with Crippen LogP contribution in [0, 0.1) is 6.92 Å². The SMILES string of the molecule is Cc1ccc(-c2cnc(-c3cc[n+](CCCS(=O)(=O)[O-])cc3)o2)cc1SOO[O-]. The highest BCUT2D eigenvalue weighted by atomic mass is 32.2. The van der Waals surface area contributed by atoms with Crippen LogP contribution in [0.15, 0.2) is 58.2 Å². The maximum Gasteiger partial charge on any atom is 0.227 e. The molecular formula is C18H17N2O7S2-. The van der Waals surface area contributed by atoms with E-state index >= 15 is 0 Å². The summed E-state index contributed by atoms with van der Waals surface area (Å²) in [5.74, 6) is 0.568. The Balaban J connectivity index is 1.71. The number of oxazole rings is 1. The Labute approximate surface area is 171 Å². The predicted octanol–water partition coefficient (Wildman–Crippen LogP) is 1.77. The van der Waals surface area contributed by atoms with Crippen LogP contribution in [-0.4, -0.2) is 23.7 Å². The molecule has 1 aromatic carbocycles. The van der Waals surface area contributed by atoms with Crippen molar-refractivity contribution >= 4 is 22.2 Å². The molecule has 0 saturated heterocycles. The standard InChI is InChI=1S/C18H18N2O7S2/c1-13-3-4-15(11-17(13)28-27-26-21)16-12-19-18(25-16)14-5-8-20(9-6-14)7-2-10-29(22,23)24/h3-6,8-9,11-12H,2,7,10H2,1H3,(H-,21,22,23,24)/p-1. The van der Waals surface area contributed by atoms with Gasteiger partial charge in [-0.3, -0.25) is 5.04 Å². The third kappa shape index (κ3) is 6.10. The Hall–Kier alpha value is -2.28. The fourth-order valence-electron chi connectivity index (χ4n) is 2.61. The third-order valence-electron chi connectivity index (χ3n) is 4.08. The molecule has 0 N–H and O–H groups in total. The maximum atomic E-state index is 10.7. The second kappa shape index (κ2) is 9.48. The predicted molar refractivity (Wildman–Crippen MR) is 99.5 cm³/mol. The van der Waals surface area contributed by atoms with Gasteiger partial charge in [-0.15, -0.1) is 0 Å². The molecule has 0 saturated carbocycles. The summed E-state index contributed by atoms with van der Waals surface area (Å²) < 4.78 is 44.0. The van der Waals surface area contributed by atoms with E-state index in [9.17, 15) is 18.2 Å². The van der Waals surface area contributed by atoms with E-state index in [-0.39, 0.29) is 6.42 Å². The van der Waals surface area contributed by atoms with Gasteiger partial charge in [-0.1, -0.05) is 12.1 Å². The molecule has 0 aliphatic carbocycles. The lowest BCUT2D eigenvalue weighted by molar-refractivity contribution is -0.777. The van der Waals surface area contributed by atoms with Crippen molar-refractivity contribution in [2.45, 2.75) is 24.8 Å². The summed E-state index contributed by atoms with van der Waals surface area (Å²) in [4.78, 5) is 5.00. The topological polar surface area (TPSA) is 129 Å². The monoisotopic (exact) mass is 437 g/mol. The molecule has 0 fully saturated rings. The number of benzene rings is 1. The molecular weight excluding hydrogens is 420 g/mol. The first-order valence-corrected chi connectivity index (χ1v) is 10.8. The summed E-state index contributed by atoms with van der Waals surface area (Å²) in [6, 6.07) is 9.10. The Kier molecular flexibility index (Phi) is 7.00. The summed E-state index contributed by atoms with van der Waals surface area (Å²) in [7, 11) is -4.20. The minimum absolute atomic E-state index is 0.244. The van der Waals surface area contributed by atoms with Crippen LogP contribution >= 0.6 is 12.0 Å². The minimum Gasteiger partial charge on any atom is -0.748 e. The fraction of sp³-hybridized carbons (Fsp3) is 0.222. The van der Waals surface area contributed by atoms with E-state index in [1.807, 2.05) is 19.1 Å². The lowest BCUT2D eigenvalue weighted by Gasteiger charge is -2.07. The number of hydrogen-bond donors (Lipinski definition) is 0. The van der Waals surface area contributed by atoms with Crippen molar-refractivity contribution in [2.75, 3.05) is 5.75 Å². The molecule has 0 amide bonds. The zero-order valence-corrected chi connectivity index (χ0v) is 16.9. The Morgan fingerprint density at radius 3 is 2.66 bits per heavy atom. The van der Waals surface area contributed by atoms with Gasteiger partial charge >= 0.3 is 0 Å². The Morgan fingerprint density at radius 2 is 1.97 bits per heavy atom. The highest BCUT2D eigenvalue weighted by Gasteiger charge is 2.12. The quantitative estimate of drug-likeness (QED) is 0.162. The highest BCUT2D eigenvalue weighted by molar-refractivity contribution is 7.94. The molecule has 0 radical (unpaired) electrons. The largest absolute Gasteiger partial charge is 0.748 e. The molecule has 0 bridgehead atoms. The van der Waals surface area contributed by atoms with E-state index in [0.717, 1.165) is 28.7 Å². The van der Waals surface area contributed by atoms with Gasteiger partial charge in [0.1, 0.15) is 6.54 Å². The summed E-state index contributed by atoms with van der Waals surface area (Å²) in [6.45, 7) is 2.29. The molecule has 0 unspecified atom stereocenters. The van der Waals surface area contributed by atoms with Crippen molar-refractivity contribution in [3.8, 4) is 22.8 Å². The van der Waals surface area contributed by atoms with Crippen molar-refractivity contribution in [3.05, 3.63) is 54.5 Å². The molecule has 3 aromatic rings. The summed E-state index contributed by atoms with van der Waals surface area (Å²) in [5, 5.41) is 13.4. The summed E-state index contributed by atoms with van der Waals surface area (Å²) >= 11 is 0.812. The highest BCUT2D eigenvalue weighted by Crippen LogP contribution is 2.31. The fourth-order valence-corrected chi connectivity index (χ4v) is 3.57. The molecule has 0 spiro atoms. The van der Waals surface area contributed by atoms with Crippen LogP contribution in [0.3, 0.4) is 0 Å². The van der Waals surface area contributed by atoms with Crippen LogP contribution in [0.25, 0.3) is 22.8 Å². The molecule has 11 heteroatoms. The van der Waals surface area contributed by atoms with Crippen molar-refractivity contribution in [1.29, 1.82) is 0 Å². The van der Waals surface area contributed by atoms with Crippen molar-refractivity contribution in [2.24, 2.45) is 0 Å². The number of hydrogen-bond acceptors (Lipinski definition) is 9. The van der Waals surface area contributed by atoms with Crippen LogP contribution < -0.4 is 9.82 Å². The first-order chi connectivity index (χ1) is 13.9. The van der Waals surface area contributed by atoms with E-state index in [1.54, 1.807) is 41.4 Å². The zero-order valence-electron chi connectivity index (χ0n) is 15.3. The second-order valence-corrected chi connectivity index (χ2v) is 8.44. The third-order valence-corrected chi connectivity index (χ3v) is 5.61. The molecule has 3 rings (SSSR count). The Morgan fingerprint density at radius 1 is 1.21 bits per heavy atom. The molecule has 154 valence electrons. The second-order valence-electron chi connectivity index (χ2n) is 6.17. The van der Waals surface area contributed by atoms with Crippen LogP contribution in [0.5, 0.6) is 0 Å². The minimum atomic E-state index is -4.20. The number of aromatic nitrogens is 2. The van der Waals surface area contributed by atoms with Gasteiger partial charge in [-0.2, -0.15) is 4.33 Å². The first kappa shape index (κ1) is 21.4. The normalized spacial score (nSPS) is 11.7. The average molecular weight is 437 g/mol. The number of pyridine rings is 1. The molecule has 2 aromatic heterocycles. The van der Waals surface area contributed by atoms with Crippen molar-refractivity contribution < 1.29 is 36.6 Å². The molecule has 29 heavy (non-hydrogen) atoms. The van der Waals surface area contributed by atoms with Gasteiger partial charge in [0, 0.05) is 40.3 Å². The van der Waals surface area contributed by atoms with Crippen LogP contribution in [-0.2, 0) is 26.0 Å². The van der Waals surface area contributed by atoms with Gasteiger partial charge in [-0.05, 0) is 18.6 Å². The smallest absolute Gasteiger partial charge is 0.227 e. The van der Waals surface area contributed by atoms with Gasteiger partial charge < -0.3 is 14.2 Å². The van der Waals surface area contributed by atoms with Crippen molar-refractivity contribution in [3.63, 3.8) is 0 Å². The van der Waals surface area contributed by atoms with Gasteiger partial charge in [0.15, 0.2) is 18.2 Å².